The normalized spacial score (nSPS) is 12.3. The number of halogens is 7. The highest BCUT2D eigenvalue weighted by atomic mass is 35.5. The maximum Gasteiger partial charge on any atom is 0.573 e. The number of hydrogen-bond acceptors (Lipinski definition) is 1. The van der Waals surface area contributed by atoms with E-state index in [9.17, 15) is 26.3 Å². The lowest BCUT2D eigenvalue weighted by Gasteiger charge is -2.15. The van der Waals surface area contributed by atoms with Crippen LogP contribution in [0.1, 0.15) is 5.56 Å². The minimum atomic E-state index is -4.87. The third kappa shape index (κ3) is 3.85. The maximum absolute atomic E-state index is 13.0. The fraction of sp³-hybridized carbons (Fsp3) is 0.143. The van der Waals surface area contributed by atoms with Crippen LogP contribution >= 0.6 is 11.6 Å². The molecular weight excluding hydrogens is 334 g/mol. The SMILES string of the molecule is FC(F)(F)Oc1ccc(-c2cccc(Cl)c2C(F)(F)F)cc1. The Morgan fingerprint density at radius 3 is 1.91 bits per heavy atom. The summed E-state index contributed by atoms with van der Waals surface area (Å²) >= 11 is 5.59. The molecule has 0 aliphatic heterocycles. The highest BCUT2D eigenvalue weighted by Gasteiger charge is 2.36. The third-order valence-electron chi connectivity index (χ3n) is 2.70. The van der Waals surface area contributed by atoms with Gasteiger partial charge < -0.3 is 4.74 Å². The molecular formula is C14H7ClF6O. The van der Waals surface area contributed by atoms with E-state index in [0.717, 1.165) is 30.3 Å². The van der Waals surface area contributed by atoms with Crippen LogP contribution in [-0.2, 0) is 6.18 Å². The van der Waals surface area contributed by atoms with E-state index in [1.54, 1.807) is 0 Å². The fourth-order valence-corrected chi connectivity index (χ4v) is 2.17. The van der Waals surface area contributed by atoms with Crippen LogP contribution in [0.15, 0.2) is 42.5 Å². The molecule has 2 rings (SSSR count). The van der Waals surface area contributed by atoms with Crippen molar-refractivity contribution in [1.82, 2.24) is 0 Å². The van der Waals surface area contributed by atoms with E-state index < -0.39 is 28.9 Å². The zero-order chi connectivity index (χ0) is 16.5. The first-order valence-corrected chi connectivity index (χ1v) is 6.17. The van der Waals surface area contributed by atoms with Gasteiger partial charge in [-0.05, 0) is 29.3 Å². The van der Waals surface area contributed by atoms with Crippen LogP contribution in [0.4, 0.5) is 26.3 Å². The molecule has 118 valence electrons. The van der Waals surface area contributed by atoms with E-state index in [1.807, 2.05) is 0 Å². The van der Waals surface area contributed by atoms with E-state index in [4.69, 9.17) is 11.6 Å². The molecule has 0 aliphatic carbocycles. The van der Waals surface area contributed by atoms with Gasteiger partial charge in [-0.3, -0.25) is 0 Å². The molecule has 0 aromatic heterocycles. The molecule has 0 radical (unpaired) electrons. The van der Waals surface area contributed by atoms with Crippen molar-refractivity contribution in [2.75, 3.05) is 0 Å². The van der Waals surface area contributed by atoms with Crippen LogP contribution in [0.3, 0.4) is 0 Å². The monoisotopic (exact) mass is 340 g/mol. The van der Waals surface area contributed by atoms with Crippen molar-refractivity contribution >= 4 is 11.6 Å². The molecule has 22 heavy (non-hydrogen) atoms. The van der Waals surface area contributed by atoms with Crippen LogP contribution in [0.5, 0.6) is 5.75 Å². The average molecular weight is 341 g/mol. The Balaban J connectivity index is 2.43. The number of benzene rings is 2. The molecule has 2 aromatic carbocycles. The van der Waals surface area contributed by atoms with Crippen LogP contribution in [0, 0.1) is 0 Å². The zero-order valence-corrected chi connectivity index (χ0v) is 11.4. The van der Waals surface area contributed by atoms with Gasteiger partial charge in [0.1, 0.15) is 5.75 Å². The molecule has 0 bridgehead atoms. The molecule has 0 amide bonds. The highest BCUT2D eigenvalue weighted by Crippen LogP contribution is 2.41. The minimum absolute atomic E-state index is 0.0735. The van der Waals surface area contributed by atoms with E-state index >= 15 is 0 Å². The Morgan fingerprint density at radius 1 is 0.818 bits per heavy atom. The van der Waals surface area contributed by atoms with E-state index in [2.05, 4.69) is 4.74 Å². The van der Waals surface area contributed by atoms with Crippen molar-refractivity contribution < 1.29 is 31.1 Å². The largest absolute Gasteiger partial charge is 0.573 e. The molecule has 0 unspecified atom stereocenters. The highest BCUT2D eigenvalue weighted by molar-refractivity contribution is 6.31. The topological polar surface area (TPSA) is 9.23 Å². The molecule has 2 aromatic rings. The van der Waals surface area contributed by atoms with Gasteiger partial charge in [-0.1, -0.05) is 35.9 Å². The molecule has 0 aliphatic rings. The number of ether oxygens (including phenoxy) is 1. The molecule has 0 fully saturated rings. The molecule has 0 spiro atoms. The van der Waals surface area contributed by atoms with Crippen LogP contribution in [-0.4, -0.2) is 6.36 Å². The Labute approximate surface area is 126 Å². The lowest BCUT2D eigenvalue weighted by Crippen LogP contribution is -2.17. The van der Waals surface area contributed by atoms with Gasteiger partial charge in [-0.15, -0.1) is 13.2 Å². The third-order valence-corrected chi connectivity index (χ3v) is 3.01. The summed E-state index contributed by atoms with van der Waals surface area (Å²) in [5, 5.41) is -0.486. The van der Waals surface area contributed by atoms with Gasteiger partial charge in [0.25, 0.3) is 0 Å². The molecule has 0 N–H and O–H groups in total. The second kappa shape index (κ2) is 5.72. The van der Waals surface area contributed by atoms with Gasteiger partial charge >= 0.3 is 12.5 Å². The van der Waals surface area contributed by atoms with Crippen molar-refractivity contribution in [2.45, 2.75) is 12.5 Å². The summed E-state index contributed by atoms with van der Waals surface area (Å²) in [5.41, 5.74) is -1.19. The van der Waals surface area contributed by atoms with Crippen LogP contribution in [0.2, 0.25) is 5.02 Å². The average Bonchev–Trinajstić information content (AvgIpc) is 2.36. The standard InChI is InChI=1S/C14H7ClF6O/c15-11-3-1-2-10(12(11)13(16,17)18)8-4-6-9(7-5-8)22-14(19,20)21/h1-7H. The lowest BCUT2D eigenvalue weighted by molar-refractivity contribution is -0.274. The number of rotatable bonds is 2. The second-order valence-corrected chi connectivity index (χ2v) is 4.64. The Kier molecular flexibility index (Phi) is 4.28. The Morgan fingerprint density at radius 2 is 1.41 bits per heavy atom. The van der Waals surface area contributed by atoms with Gasteiger partial charge in [-0.25, -0.2) is 0 Å². The molecule has 1 nitrogen and oxygen atoms in total. The molecule has 0 saturated heterocycles. The quantitative estimate of drug-likeness (QED) is 0.616. The first-order valence-electron chi connectivity index (χ1n) is 5.80. The van der Waals surface area contributed by atoms with Gasteiger partial charge in [-0.2, -0.15) is 13.2 Å². The predicted molar refractivity (Wildman–Crippen MR) is 68.6 cm³/mol. The van der Waals surface area contributed by atoms with Crippen molar-refractivity contribution in [3.8, 4) is 16.9 Å². The summed E-state index contributed by atoms with van der Waals surface area (Å²) in [5.74, 6) is -0.521. The minimum Gasteiger partial charge on any atom is -0.406 e. The summed E-state index contributed by atoms with van der Waals surface area (Å²) in [6.07, 6.45) is -9.55. The molecule has 0 heterocycles. The first-order chi connectivity index (χ1) is 10.1. The number of alkyl halides is 6. The van der Waals surface area contributed by atoms with E-state index in [1.165, 1.54) is 12.1 Å². The first kappa shape index (κ1) is 16.5. The van der Waals surface area contributed by atoms with Crippen molar-refractivity contribution in [3.63, 3.8) is 0 Å². The van der Waals surface area contributed by atoms with E-state index in [0.29, 0.717) is 0 Å². The number of hydrogen-bond donors (Lipinski definition) is 0. The summed E-state index contributed by atoms with van der Waals surface area (Å²) in [4.78, 5) is 0. The lowest BCUT2D eigenvalue weighted by atomic mass is 9.99. The maximum atomic E-state index is 13.0. The summed E-state index contributed by atoms with van der Waals surface area (Å²) in [6.45, 7) is 0. The second-order valence-electron chi connectivity index (χ2n) is 4.23. The van der Waals surface area contributed by atoms with E-state index in [-0.39, 0.29) is 11.1 Å². The molecule has 0 saturated carbocycles. The fourth-order valence-electron chi connectivity index (χ4n) is 1.89. The van der Waals surface area contributed by atoms with Crippen molar-refractivity contribution in [3.05, 3.63) is 53.1 Å². The van der Waals surface area contributed by atoms with Crippen molar-refractivity contribution in [1.29, 1.82) is 0 Å². The van der Waals surface area contributed by atoms with Crippen LogP contribution in [0.25, 0.3) is 11.1 Å². The summed E-state index contributed by atoms with van der Waals surface area (Å²) in [7, 11) is 0. The molecule has 0 atom stereocenters. The van der Waals surface area contributed by atoms with Crippen LogP contribution < -0.4 is 4.74 Å². The summed E-state index contributed by atoms with van der Waals surface area (Å²) in [6, 6.07) is 7.67. The summed E-state index contributed by atoms with van der Waals surface area (Å²) < 4.78 is 78.9. The predicted octanol–water partition coefficient (Wildman–Crippen LogP) is 5.92. The van der Waals surface area contributed by atoms with Gasteiger partial charge in [0, 0.05) is 0 Å². The Bertz CT molecular complexity index is 661. The Hall–Kier alpha value is -1.89. The zero-order valence-electron chi connectivity index (χ0n) is 10.6. The van der Waals surface area contributed by atoms with Gasteiger partial charge in [0.05, 0.1) is 10.6 Å². The van der Waals surface area contributed by atoms with Gasteiger partial charge in [0.15, 0.2) is 0 Å². The molecule has 8 heteroatoms. The van der Waals surface area contributed by atoms with Gasteiger partial charge in [0.2, 0.25) is 0 Å². The smallest absolute Gasteiger partial charge is 0.406 e. The van der Waals surface area contributed by atoms with Crippen molar-refractivity contribution in [2.24, 2.45) is 0 Å².